The van der Waals surface area contributed by atoms with E-state index in [1.54, 1.807) is 43.5 Å². The number of rotatable bonds is 6. The second kappa shape index (κ2) is 9.11. The standard InChI is InChI=1S/C24H20ClN3O4/c1-30-20-10-7-16(22-18-12-17(25)8-9-19(18)27-24(26)28-22)11-21(20)32-13-14-3-5-15(6-4-14)23(29)31-2/h3-12H,13H2,1-2H3,(H2,26,27,28). The van der Waals surface area contributed by atoms with Gasteiger partial charge in [0.15, 0.2) is 11.5 Å². The van der Waals surface area contributed by atoms with Crippen LogP contribution in [-0.2, 0) is 11.3 Å². The van der Waals surface area contributed by atoms with Gasteiger partial charge < -0.3 is 19.9 Å². The van der Waals surface area contributed by atoms with Gasteiger partial charge in [0, 0.05) is 16.0 Å². The zero-order valence-corrected chi connectivity index (χ0v) is 18.2. The Morgan fingerprint density at radius 2 is 1.75 bits per heavy atom. The van der Waals surface area contributed by atoms with Crippen molar-refractivity contribution >= 4 is 34.4 Å². The molecular formula is C24H20ClN3O4. The van der Waals surface area contributed by atoms with Gasteiger partial charge in [0.25, 0.3) is 0 Å². The van der Waals surface area contributed by atoms with Crippen LogP contribution in [0.1, 0.15) is 15.9 Å². The van der Waals surface area contributed by atoms with Crippen LogP contribution in [0.3, 0.4) is 0 Å². The number of methoxy groups -OCH3 is 2. The minimum Gasteiger partial charge on any atom is -0.493 e. The molecule has 2 N–H and O–H groups in total. The van der Waals surface area contributed by atoms with Crippen LogP contribution < -0.4 is 15.2 Å². The van der Waals surface area contributed by atoms with Gasteiger partial charge in [-0.2, -0.15) is 0 Å². The van der Waals surface area contributed by atoms with Crippen LogP contribution in [0.5, 0.6) is 11.5 Å². The van der Waals surface area contributed by atoms with Crippen LogP contribution >= 0.6 is 11.6 Å². The fourth-order valence-corrected chi connectivity index (χ4v) is 3.46. The Morgan fingerprint density at radius 3 is 2.47 bits per heavy atom. The molecule has 0 bridgehead atoms. The molecule has 1 aromatic heterocycles. The van der Waals surface area contributed by atoms with Gasteiger partial charge in [-0.25, -0.2) is 14.8 Å². The summed E-state index contributed by atoms with van der Waals surface area (Å²) in [5, 5.41) is 1.36. The molecule has 0 amide bonds. The number of nitrogens with two attached hydrogens (primary N) is 1. The number of ether oxygens (including phenoxy) is 3. The normalized spacial score (nSPS) is 10.7. The molecule has 32 heavy (non-hydrogen) atoms. The second-order valence-electron chi connectivity index (χ2n) is 6.93. The third-order valence-corrected chi connectivity index (χ3v) is 5.12. The van der Waals surface area contributed by atoms with Gasteiger partial charge in [-0.15, -0.1) is 0 Å². The summed E-state index contributed by atoms with van der Waals surface area (Å²) in [5.41, 5.74) is 9.41. The Kier molecular flexibility index (Phi) is 6.09. The molecule has 0 spiro atoms. The highest BCUT2D eigenvalue weighted by Gasteiger charge is 2.14. The number of nitrogens with zero attached hydrogens (tertiary/aromatic N) is 2. The number of aromatic nitrogens is 2. The highest BCUT2D eigenvalue weighted by atomic mass is 35.5. The maximum absolute atomic E-state index is 11.6. The van der Waals surface area contributed by atoms with E-state index in [1.807, 2.05) is 24.3 Å². The number of fused-ring (bicyclic) bond motifs is 1. The molecular weight excluding hydrogens is 430 g/mol. The maximum Gasteiger partial charge on any atom is 0.337 e. The van der Waals surface area contributed by atoms with E-state index in [-0.39, 0.29) is 18.5 Å². The molecule has 1 heterocycles. The first-order valence-electron chi connectivity index (χ1n) is 9.69. The number of carbonyl (C=O) groups is 1. The van der Waals surface area contributed by atoms with Crippen LogP contribution in [0.25, 0.3) is 22.2 Å². The van der Waals surface area contributed by atoms with Gasteiger partial charge in [-0.1, -0.05) is 23.7 Å². The zero-order valence-electron chi connectivity index (χ0n) is 17.5. The zero-order chi connectivity index (χ0) is 22.7. The third kappa shape index (κ3) is 4.43. The van der Waals surface area contributed by atoms with Gasteiger partial charge in [-0.05, 0) is 54.1 Å². The quantitative estimate of drug-likeness (QED) is 0.418. The molecule has 0 atom stereocenters. The predicted octanol–water partition coefficient (Wildman–Crippen LogP) is 4.91. The third-order valence-electron chi connectivity index (χ3n) is 4.88. The van der Waals surface area contributed by atoms with E-state index in [1.165, 1.54) is 7.11 Å². The summed E-state index contributed by atoms with van der Waals surface area (Å²) in [7, 11) is 2.92. The lowest BCUT2D eigenvalue weighted by atomic mass is 10.1. The molecule has 162 valence electrons. The average Bonchev–Trinajstić information content (AvgIpc) is 2.82. The molecule has 0 aliphatic carbocycles. The van der Waals surface area contributed by atoms with E-state index in [0.29, 0.717) is 33.3 Å². The number of benzene rings is 3. The summed E-state index contributed by atoms with van der Waals surface area (Å²) in [6.07, 6.45) is 0. The molecule has 3 aromatic carbocycles. The molecule has 0 radical (unpaired) electrons. The molecule has 4 rings (SSSR count). The Bertz CT molecular complexity index is 1290. The minimum atomic E-state index is -0.386. The van der Waals surface area contributed by atoms with Gasteiger partial charge in [0.1, 0.15) is 6.61 Å². The van der Waals surface area contributed by atoms with Crippen LogP contribution in [0.15, 0.2) is 60.7 Å². The minimum absolute atomic E-state index is 0.166. The van der Waals surface area contributed by atoms with E-state index in [0.717, 1.165) is 16.5 Å². The molecule has 0 fully saturated rings. The van der Waals surface area contributed by atoms with Gasteiger partial charge >= 0.3 is 5.97 Å². The van der Waals surface area contributed by atoms with E-state index in [9.17, 15) is 4.79 Å². The van der Waals surface area contributed by atoms with E-state index < -0.39 is 0 Å². The SMILES string of the molecule is COC(=O)c1ccc(COc2cc(-c3nc(N)nc4ccc(Cl)cc34)ccc2OC)cc1. The Hall–Kier alpha value is -3.84. The molecule has 0 aliphatic heterocycles. The van der Waals surface area contributed by atoms with Gasteiger partial charge in [0.05, 0.1) is 31.0 Å². The van der Waals surface area contributed by atoms with Crippen molar-refractivity contribution in [3.63, 3.8) is 0 Å². The van der Waals surface area contributed by atoms with E-state index in [4.69, 9.17) is 31.5 Å². The molecule has 7 nitrogen and oxygen atoms in total. The fraction of sp³-hybridized carbons (Fsp3) is 0.125. The van der Waals surface area contributed by atoms with Crippen molar-refractivity contribution in [2.75, 3.05) is 20.0 Å². The van der Waals surface area contributed by atoms with Crippen molar-refractivity contribution < 1.29 is 19.0 Å². The van der Waals surface area contributed by atoms with Crippen molar-refractivity contribution in [2.45, 2.75) is 6.61 Å². The van der Waals surface area contributed by atoms with Crippen molar-refractivity contribution in [2.24, 2.45) is 0 Å². The maximum atomic E-state index is 11.6. The van der Waals surface area contributed by atoms with Crippen LogP contribution in [-0.4, -0.2) is 30.2 Å². The molecule has 0 saturated carbocycles. The summed E-state index contributed by atoms with van der Waals surface area (Å²) in [6.45, 7) is 0.278. The van der Waals surface area contributed by atoms with Crippen LogP contribution in [0.2, 0.25) is 5.02 Å². The topological polar surface area (TPSA) is 96.6 Å². The van der Waals surface area contributed by atoms with E-state index in [2.05, 4.69) is 9.97 Å². The Morgan fingerprint density at radius 1 is 0.969 bits per heavy atom. The number of hydrogen-bond acceptors (Lipinski definition) is 7. The van der Waals surface area contributed by atoms with E-state index >= 15 is 0 Å². The van der Waals surface area contributed by atoms with Crippen molar-refractivity contribution in [1.82, 2.24) is 9.97 Å². The molecule has 0 aliphatic rings. The molecule has 0 saturated heterocycles. The van der Waals surface area contributed by atoms with Crippen LogP contribution in [0, 0.1) is 0 Å². The lowest BCUT2D eigenvalue weighted by Crippen LogP contribution is -2.02. The van der Waals surface area contributed by atoms with Gasteiger partial charge in [0.2, 0.25) is 5.95 Å². The van der Waals surface area contributed by atoms with Gasteiger partial charge in [-0.3, -0.25) is 0 Å². The number of nitrogen functional groups attached to an aromatic ring is 1. The first-order chi connectivity index (χ1) is 15.5. The first kappa shape index (κ1) is 21.4. The van der Waals surface area contributed by atoms with Crippen LogP contribution in [0.4, 0.5) is 5.95 Å². The summed E-state index contributed by atoms with van der Waals surface area (Å²) in [5.74, 6) is 0.890. The average molecular weight is 450 g/mol. The Balaban J connectivity index is 1.66. The number of esters is 1. The predicted molar refractivity (Wildman–Crippen MR) is 123 cm³/mol. The number of carbonyl (C=O) groups excluding carboxylic acids is 1. The molecule has 4 aromatic rings. The highest BCUT2D eigenvalue weighted by Crippen LogP contribution is 2.35. The first-order valence-corrected chi connectivity index (χ1v) is 10.1. The number of hydrogen-bond donors (Lipinski definition) is 1. The van der Waals surface area contributed by atoms with Crippen molar-refractivity contribution in [3.8, 4) is 22.8 Å². The largest absolute Gasteiger partial charge is 0.493 e. The fourth-order valence-electron chi connectivity index (χ4n) is 3.29. The summed E-state index contributed by atoms with van der Waals surface area (Å²) in [6, 6.07) is 17.9. The summed E-state index contributed by atoms with van der Waals surface area (Å²) < 4.78 is 16.2. The van der Waals surface area contributed by atoms with Crippen molar-refractivity contribution in [3.05, 3.63) is 76.8 Å². The lowest BCUT2D eigenvalue weighted by Gasteiger charge is -2.14. The summed E-state index contributed by atoms with van der Waals surface area (Å²) >= 11 is 6.19. The number of halogens is 1. The lowest BCUT2D eigenvalue weighted by molar-refractivity contribution is 0.0600. The monoisotopic (exact) mass is 449 g/mol. The highest BCUT2D eigenvalue weighted by molar-refractivity contribution is 6.31. The molecule has 0 unspecified atom stereocenters. The van der Waals surface area contributed by atoms with Crippen molar-refractivity contribution in [1.29, 1.82) is 0 Å². The Labute approximate surface area is 189 Å². The molecule has 8 heteroatoms. The number of anilines is 1. The smallest absolute Gasteiger partial charge is 0.337 e. The summed E-state index contributed by atoms with van der Waals surface area (Å²) in [4.78, 5) is 20.3. The second-order valence-corrected chi connectivity index (χ2v) is 7.37.